The average molecular weight is 290 g/mol. The number of benzene rings is 1. The molecule has 1 fully saturated rings. The van der Waals surface area contributed by atoms with Crippen molar-refractivity contribution >= 4 is 17.3 Å². The number of carbonyl (C=O) groups is 1. The topological polar surface area (TPSA) is 52.8 Å². The summed E-state index contributed by atoms with van der Waals surface area (Å²) < 4.78 is 0. The Morgan fingerprint density at radius 1 is 1.24 bits per heavy atom. The lowest BCUT2D eigenvalue weighted by Crippen LogP contribution is -2.47. The molecule has 1 aromatic carbocycles. The van der Waals surface area contributed by atoms with Gasteiger partial charge in [0.15, 0.2) is 0 Å². The number of piperazine rings is 1. The van der Waals surface area contributed by atoms with E-state index in [1.165, 1.54) is 6.42 Å². The van der Waals surface area contributed by atoms with Crippen molar-refractivity contribution in [1.82, 2.24) is 9.80 Å². The minimum Gasteiger partial charge on any atom is -0.399 e. The van der Waals surface area contributed by atoms with Crippen molar-refractivity contribution in [2.75, 3.05) is 57.5 Å². The van der Waals surface area contributed by atoms with E-state index in [-0.39, 0.29) is 5.91 Å². The number of nitrogen functional groups attached to an aromatic ring is 1. The Bertz CT molecular complexity index is 493. The number of hydrogen-bond acceptors (Lipinski definition) is 4. The molecular formula is C16H26N4O. The van der Waals surface area contributed by atoms with Crippen LogP contribution in [0.5, 0.6) is 0 Å². The van der Waals surface area contributed by atoms with Gasteiger partial charge in [-0.25, -0.2) is 0 Å². The quantitative estimate of drug-likeness (QED) is 0.854. The fraction of sp³-hybridized carbons (Fsp3) is 0.562. The van der Waals surface area contributed by atoms with Crippen molar-refractivity contribution in [2.24, 2.45) is 0 Å². The summed E-state index contributed by atoms with van der Waals surface area (Å²) in [5, 5.41) is 0. The Hall–Kier alpha value is -1.75. The Morgan fingerprint density at radius 2 is 1.90 bits per heavy atom. The van der Waals surface area contributed by atoms with Crippen LogP contribution in [0.4, 0.5) is 11.4 Å². The molecule has 1 aromatic rings. The molecule has 1 amide bonds. The summed E-state index contributed by atoms with van der Waals surface area (Å²) in [6.07, 6.45) is 1.18. The Balaban J connectivity index is 2.19. The van der Waals surface area contributed by atoms with Crippen LogP contribution in [0.1, 0.15) is 23.7 Å². The largest absolute Gasteiger partial charge is 0.399 e. The van der Waals surface area contributed by atoms with Crippen LogP contribution in [0.2, 0.25) is 0 Å². The summed E-state index contributed by atoms with van der Waals surface area (Å²) >= 11 is 0. The van der Waals surface area contributed by atoms with E-state index in [0.717, 1.165) is 44.0 Å². The van der Waals surface area contributed by atoms with Gasteiger partial charge in [0, 0.05) is 46.0 Å². The number of nitrogens with two attached hydrogens (primary N) is 1. The lowest BCUT2D eigenvalue weighted by atomic mass is 10.1. The fourth-order valence-electron chi connectivity index (χ4n) is 2.76. The van der Waals surface area contributed by atoms with E-state index < -0.39 is 0 Å². The summed E-state index contributed by atoms with van der Waals surface area (Å²) in [4.78, 5) is 18.7. The third kappa shape index (κ3) is 3.67. The van der Waals surface area contributed by atoms with E-state index in [9.17, 15) is 4.79 Å². The van der Waals surface area contributed by atoms with Crippen LogP contribution in [0, 0.1) is 0 Å². The van der Waals surface area contributed by atoms with E-state index in [4.69, 9.17) is 5.73 Å². The molecule has 5 heteroatoms. The van der Waals surface area contributed by atoms with Gasteiger partial charge in [-0.1, -0.05) is 6.92 Å². The Labute approximate surface area is 127 Å². The second kappa shape index (κ2) is 6.80. The van der Waals surface area contributed by atoms with E-state index in [2.05, 4.69) is 16.7 Å². The third-order valence-electron chi connectivity index (χ3n) is 3.91. The summed E-state index contributed by atoms with van der Waals surface area (Å²) in [7, 11) is 3.56. The van der Waals surface area contributed by atoms with Crippen LogP contribution in [0.15, 0.2) is 18.2 Å². The van der Waals surface area contributed by atoms with Crippen molar-refractivity contribution in [3.8, 4) is 0 Å². The van der Waals surface area contributed by atoms with Gasteiger partial charge >= 0.3 is 0 Å². The van der Waals surface area contributed by atoms with Gasteiger partial charge in [-0.15, -0.1) is 0 Å². The number of carbonyl (C=O) groups excluding carboxylic acids is 1. The van der Waals surface area contributed by atoms with Gasteiger partial charge < -0.3 is 15.5 Å². The van der Waals surface area contributed by atoms with Gasteiger partial charge in [0.2, 0.25) is 0 Å². The first kappa shape index (κ1) is 15.6. The summed E-state index contributed by atoms with van der Waals surface area (Å²) in [6, 6.07) is 5.56. The zero-order chi connectivity index (χ0) is 15.4. The number of hydrogen-bond donors (Lipinski definition) is 1. The van der Waals surface area contributed by atoms with E-state index in [1.54, 1.807) is 25.1 Å². The van der Waals surface area contributed by atoms with Gasteiger partial charge in [0.05, 0.1) is 11.3 Å². The molecule has 0 aromatic heterocycles. The van der Waals surface area contributed by atoms with Crippen molar-refractivity contribution in [2.45, 2.75) is 13.3 Å². The van der Waals surface area contributed by atoms with Crippen LogP contribution < -0.4 is 10.6 Å². The maximum Gasteiger partial charge on any atom is 0.255 e. The highest BCUT2D eigenvalue weighted by atomic mass is 16.2. The van der Waals surface area contributed by atoms with Crippen LogP contribution in [0.25, 0.3) is 0 Å². The maximum atomic E-state index is 12.3. The zero-order valence-corrected chi connectivity index (χ0v) is 13.3. The molecule has 1 aliphatic heterocycles. The lowest BCUT2D eigenvalue weighted by Gasteiger charge is -2.37. The van der Waals surface area contributed by atoms with Gasteiger partial charge in [-0.2, -0.15) is 0 Å². The molecule has 0 saturated carbocycles. The van der Waals surface area contributed by atoms with Crippen molar-refractivity contribution in [1.29, 1.82) is 0 Å². The molecule has 21 heavy (non-hydrogen) atoms. The van der Waals surface area contributed by atoms with Crippen molar-refractivity contribution < 1.29 is 4.79 Å². The standard InChI is InChI=1S/C16H26N4O/c1-4-7-19-8-10-20(11-9-19)15-12-13(17)5-6-14(15)16(21)18(2)3/h5-6,12H,4,7-11,17H2,1-3H3. The molecular weight excluding hydrogens is 264 g/mol. The van der Waals surface area contributed by atoms with E-state index in [1.807, 2.05) is 12.1 Å². The molecule has 0 bridgehead atoms. The Morgan fingerprint density at radius 3 is 2.48 bits per heavy atom. The minimum absolute atomic E-state index is 0.0287. The van der Waals surface area contributed by atoms with Crippen molar-refractivity contribution in [3.05, 3.63) is 23.8 Å². The fourth-order valence-corrected chi connectivity index (χ4v) is 2.76. The maximum absolute atomic E-state index is 12.3. The summed E-state index contributed by atoms with van der Waals surface area (Å²) in [5.74, 6) is 0.0287. The molecule has 116 valence electrons. The molecule has 2 N–H and O–H groups in total. The van der Waals surface area contributed by atoms with Gasteiger partial charge in [0.1, 0.15) is 0 Å². The van der Waals surface area contributed by atoms with E-state index >= 15 is 0 Å². The second-order valence-electron chi connectivity index (χ2n) is 5.80. The first-order valence-corrected chi connectivity index (χ1v) is 7.61. The highest BCUT2D eigenvalue weighted by Crippen LogP contribution is 2.25. The average Bonchev–Trinajstić information content (AvgIpc) is 2.47. The highest BCUT2D eigenvalue weighted by molar-refractivity contribution is 6.00. The second-order valence-corrected chi connectivity index (χ2v) is 5.80. The third-order valence-corrected chi connectivity index (χ3v) is 3.91. The Kier molecular flexibility index (Phi) is 5.07. The van der Waals surface area contributed by atoms with Gasteiger partial charge in [0.25, 0.3) is 5.91 Å². The molecule has 0 unspecified atom stereocenters. The van der Waals surface area contributed by atoms with Gasteiger partial charge in [-0.3, -0.25) is 9.69 Å². The molecule has 0 radical (unpaired) electrons. The number of amides is 1. The van der Waals surface area contributed by atoms with Crippen LogP contribution >= 0.6 is 0 Å². The van der Waals surface area contributed by atoms with Crippen molar-refractivity contribution in [3.63, 3.8) is 0 Å². The van der Waals surface area contributed by atoms with E-state index in [0.29, 0.717) is 5.69 Å². The predicted octanol–water partition coefficient (Wildman–Crippen LogP) is 1.50. The molecule has 1 saturated heterocycles. The smallest absolute Gasteiger partial charge is 0.255 e. The summed E-state index contributed by atoms with van der Waals surface area (Å²) in [5.41, 5.74) is 8.33. The number of nitrogens with zero attached hydrogens (tertiary/aromatic N) is 3. The zero-order valence-electron chi connectivity index (χ0n) is 13.3. The van der Waals surface area contributed by atoms with Gasteiger partial charge in [-0.05, 0) is 31.2 Å². The van der Waals surface area contributed by atoms with Crippen LogP contribution in [-0.4, -0.2) is 62.5 Å². The first-order valence-electron chi connectivity index (χ1n) is 7.61. The minimum atomic E-state index is 0.0287. The van der Waals surface area contributed by atoms with Crippen LogP contribution in [-0.2, 0) is 0 Å². The SMILES string of the molecule is CCCN1CCN(c2cc(N)ccc2C(=O)N(C)C)CC1. The highest BCUT2D eigenvalue weighted by Gasteiger charge is 2.22. The van der Waals surface area contributed by atoms with Crippen LogP contribution in [0.3, 0.4) is 0 Å². The predicted molar refractivity (Wildman–Crippen MR) is 87.8 cm³/mol. The monoisotopic (exact) mass is 290 g/mol. The molecule has 1 aliphatic rings. The molecule has 0 atom stereocenters. The number of anilines is 2. The molecule has 0 spiro atoms. The molecule has 2 rings (SSSR count). The first-order chi connectivity index (χ1) is 10.0. The molecule has 0 aliphatic carbocycles. The number of rotatable bonds is 4. The molecule has 5 nitrogen and oxygen atoms in total. The lowest BCUT2D eigenvalue weighted by molar-refractivity contribution is 0.0828. The summed E-state index contributed by atoms with van der Waals surface area (Å²) in [6.45, 7) is 7.32. The normalized spacial score (nSPS) is 16.0. The molecule has 1 heterocycles.